The predicted molar refractivity (Wildman–Crippen MR) is 73.7 cm³/mol. The molecule has 1 aliphatic heterocycles. The van der Waals surface area contributed by atoms with Crippen LogP contribution in [0.1, 0.15) is 18.1 Å². The van der Waals surface area contributed by atoms with E-state index in [9.17, 15) is 4.79 Å². The number of nitrogens with one attached hydrogen (secondary N) is 1. The normalized spacial score (nSPS) is 24.0. The van der Waals surface area contributed by atoms with E-state index >= 15 is 0 Å². The summed E-state index contributed by atoms with van der Waals surface area (Å²) in [6.07, 6.45) is 0. The van der Waals surface area contributed by atoms with E-state index in [-0.39, 0.29) is 18.0 Å². The van der Waals surface area contributed by atoms with Crippen molar-refractivity contribution in [3.8, 4) is 0 Å². The number of nitrogens with two attached hydrogens (primary N) is 1. The molecule has 0 bridgehead atoms. The molecule has 0 spiro atoms. The van der Waals surface area contributed by atoms with Crippen LogP contribution in [0.25, 0.3) is 0 Å². The first kappa shape index (κ1) is 12.9. The zero-order valence-corrected chi connectivity index (χ0v) is 11.2. The van der Waals surface area contributed by atoms with Crippen molar-refractivity contribution in [2.24, 2.45) is 5.73 Å². The third-order valence-corrected chi connectivity index (χ3v) is 3.70. The molecule has 0 aliphatic carbocycles. The quantitative estimate of drug-likeness (QED) is 0.818. The molecule has 2 rings (SSSR count). The third kappa shape index (κ3) is 2.20. The number of nitrogens with zero attached hydrogens (tertiary/aromatic N) is 1. The van der Waals surface area contributed by atoms with E-state index in [1.54, 1.807) is 0 Å². The Bertz CT molecular complexity index is 458. The summed E-state index contributed by atoms with van der Waals surface area (Å²) >= 11 is 0. The maximum Gasteiger partial charge on any atom is 0.244 e. The standard InChI is InChI=1S/C14H21N3O/c1-9-4-5-12(6-10(9)2)17-11(3)8-16-14(18)13(17)7-15/h4-6,11,13H,7-8,15H2,1-3H3,(H,16,18). The molecule has 1 aromatic rings. The molecule has 3 N–H and O–H groups in total. The molecule has 2 unspecified atom stereocenters. The molecule has 1 aromatic carbocycles. The van der Waals surface area contributed by atoms with E-state index in [4.69, 9.17) is 5.73 Å². The number of hydrogen-bond acceptors (Lipinski definition) is 3. The number of carbonyl (C=O) groups is 1. The number of piperazine rings is 1. The number of rotatable bonds is 2. The van der Waals surface area contributed by atoms with Gasteiger partial charge in [-0.25, -0.2) is 0 Å². The lowest BCUT2D eigenvalue weighted by Crippen LogP contribution is -2.62. The third-order valence-electron chi connectivity index (χ3n) is 3.70. The Morgan fingerprint density at radius 3 is 2.72 bits per heavy atom. The minimum Gasteiger partial charge on any atom is -0.354 e. The zero-order chi connectivity index (χ0) is 13.3. The van der Waals surface area contributed by atoms with Gasteiger partial charge in [0, 0.05) is 24.8 Å². The van der Waals surface area contributed by atoms with Gasteiger partial charge >= 0.3 is 0 Å². The molecule has 18 heavy (non-hydrogen) atoms. The van der Waals surface area contributed by atoms with Crippen LogP contribution in [-0.2, 0) is 4.79 Å². The summed E-state index contributed by atoms with van der Waals surface area (Å²) < 4.78 is 0. The Morgan fingerprint density at radius 1 is 1.39 bits per heavy atom. The van der Waals surface area contributed by atoms with E-state index in [2.05, 4.69) is 49.2 Å². The highest BCUT2D eigenvalue weighted by atomic mass is 16.2. The molecule has 1 saturated heterocycles. The molecule has 1 aliphatic rings. The van der Waals surface area contributed by atoms with E-state index in [0.29, 0.717) is 13.1 Å². The summed E-state index contributed by atoms with van der Waals surface area (Å²) in [7, 11) is 0. The van der Waals surface area contributed by atoms with Crippen molar-refractivity contribution < 1.29 is 4.79 Å². The Kier molecular flexibility index (Phi) is 3.57. The molecular formula is C14H21N3O. The number of carbonyl (C=O) groups excluding carboxylic acids is 1. The fourth-order valence-electron chi connectivity index (χ4n) is 2.44. The predicted octanol–water partition coefficient (Wildman–Crippen LogP) is 0.955. The van der Waals surface area contributed by atoms with Gasteiger partial charge in [-0.3, -0.25) is 4.79 Å². The lowest BCUT2D eigenvalue weighted by Gasteiger charge is -2.41. The Labute approximate surface area is 108 Å². The molecule has 98 valence electrons. The van der Waals surface area contributed by atoms with Gasteiger partial charge in [-0.1, -0.05) is 6.07 Å². The van der Waals surface area contributed by atoms with Crippen molar-refractivity contribution in [1.82, 2.24) is 5.32 Å². The molecule has 4 heteroatoms. The average Bonchev–Trinajstić information content (AvgIpc) is 2.35. The minimum absolute atomic E-state index is 0.0221. The van der Waals surface area contributed by atoms with Crippen LogP contribution in [0.15, 0.2) is 18.2 Å². The van der Waals surface area contributed by atoms with Gasteiger partial charge in [0.05, 0.1) is 0 Å². The summed E-state index contributed by atoms with van der Waals surface area (Å²) in [4.78, 5) is 14.0. The molecule has 4 nitrogen and oxygen atoms in total. The van der Waals surface area contributed by atoms with E-state index in [1.807, 2.05) is 0 Å². The SMILES string of the molecule is Cc1ccc(N2C(C)CNC(=O)C2CN)cc1C. The number of hydrogen-bond donors (Lipinski definition) is 2. The first-order valence-corrected chi connectivity index (χ1v) is 6.38. The highest BCUT2D eigenvalue weighted by Gasteiger charge is 2.33. The van der Waals surface area contributed by atoms with Gasteiger partial charge in [0.2, 0.25) is 5.91 Å². The molecule has 1 fully saturated rings. The smallest absolute Gasteiger partial charge is 0.244 e. The van der Waals surface area contributed by atoms with E-state index in [1.165, 1.54) is 11.1 Å². The fourth-order valence-corrected chi connectivity index (χ4v) is 2.44. The number of anilines is 1. The van der Waals surface area contributed by atoms with Crippen molar-refractivity contribution in [1.29, 1.82) is 0 Å². The van der Waals surface area contributed by atoms with Gasteiger partial charge < -0.3 is 16.0 Å². The topological polar surface area (TPSA) is 58.4 Å². The summed E-state index contributed by atoms with van der Waals surface area (Å²) in [6.45, 7) is 7.29. The van der Waals surface area contributed by atoms with Gasteiger partial charge in [0.1, 0.15) is 6.04 Å². The van der Waals surface area contributed by atoms with Gasteiger partial charge in [-0.05, 0) is 44.0 Å². The van der Waals surface area contributed by atoms with Gasteiger partial charge in [0.25, 0.3) is 0 Å². The fraction of sp³-hybridized carbons (Fsp3) is 0.500. The summed E-state index contributed by atoms with van der Waals surface area (Å²) in [6, 6.07) is 6.29. The van der Waals surface area contributed by atoms with Crippen molar-refractivity contribution in [3.63, 3.8) is 0 Å². The first-order chi connectivity index (χ1) is 8.54. The number of aryl methyl sites for hydroxylation is 2. The van der Waals surface area contributed by atoms with Crippen LogP contribution in [0.5, 0.6) is 0 Å². The maximum atomic E-state index is 11.9. The van der Waals surface area contributed by atoms with Crippen molar-refractivity contribution in [2.45, 2.75) is 32.9 Å². The second-order valence-corrected chi connectivity index (χ2v) is 5.02. The van der Waals surface area contributed by atoms with Crippen LogP contribution in [0.4, 0.5) is 5.69 Å². The van der Waals surface area contributed by atoms with Gasteiger partial charge in [-0.2, -0.15) is 0 Å². The maximum absolute atomic E-state index is 11.9. The Hall–Kier alpha value is -1.55. The van der Waals surface area contributed by atoms with Crippen LogP contribution in [0, 0.1) is 13.8 Å². The van der Waals surface area contributed by atoms with Gasteiger partial charge in [-0.15, -0.1) is 0 Å². The lowest BCUT2D eigenvalue weighted by atomic mass is 10.0. The average molecular weight is 247 g/mol. The molecule has 0 radical (unpaired) electrons. The first-order valence-electron chi connectivity index (χ1n) is 6.38. The second kappa shape index (κ2) is 4.98. The van der Waals surface area contributed by atoms with Crippen LogP contribution in [0.3, 0.4) is 0 Å². The van der Waals surface area contributed by atoms with Crippen LogP contribution in [-0.4, -0.2) is 31.1 Å². The second-order valence-electron chi connectivity index (χ2n) is 5.02. The molecular weight excluding hydrogens is 226 g/mol. The lowest BCUT2D eigenvalue weighted by molar-refractivity contribution is -0.123. The summed E-state index contributed by atoms with van der Waals surface area (Å²) in [5.74, 6) is 0.0221. The summed E-state index contributed by atoms with van der Waals surface area (Å²) in [5.41, 5.74) is 9.33. The van der Waals surface area contributed by atoms with Gasteiger partial charge in [0.15, 0.2) is 0 Å². The number of benzene rings is 1. The summed E-state index contributed by atoms with van der Waals surface area (Å²) in [5, 5.41) is 2.90. The molecule has 2 atom stereocenters. The largest absolute Gasteiger partial charge is 0.354 e. The molecule has 1 heterocycles. The molecule has 0 aromatic heterocycles. The van der Waals surface area contributed by atoms with Crippen LogP contribution in [0.2, 0.25) is 0 Å². The van der Waals surface area contributed by atoms with Crippen LogP contribution < -0.4 is 16.0 Å². The Morgan fingerprint density at radius 2 is 2.11 bits per heavy atom. The van der Waals surface area contributed by atoms with E-state index in [0.717, 1.165) is 5.69 Å². The van der Waals surface area contributed by atoms with Crippen LogP contribution >= 0.6 is 0 Å². The van der Waals surface area contributed by atoms with Crippen molar-refractivity contribution in [2.75, 3.05) is 18.0 Å². The molecule has 0 saturated carbocycles. The highest BCUT2D eigenvalue weighted by molar-refractivity contribution is 5.87. The number of amides is 1. The van der Waals surface area contributed by atoms with Crippen molar-refractivity contribution >= 4 is 11.6 Å². The Balaban J connectivity index is 2.38. The highest BCUT2D eigenvalue weighted by Crippen LogP contribution is 2.24. The molecule has 1 amide bonds. The van der Waals surface area contributed by atoms with Crippen molar-refractivity contribution in [3.05, 3.63) is 29.3 Å². The van der Waals surface area contributed by atoms with E-state index < -0.39 is 0 Å². The zero-order valence-electron chi connectivity index (χ0n) is 11.2. The minimum atomic E-state index is -0.268. The monoisotopic (exact) mass is 247 g/mol.